The van der Waals surface area contributed by atoms with Gasteiger partial charge in [-0.2, -0.15) is 40.5 Å². The first kappa shape index (κ1) is 105. The van der Waals surface area contributed by atoms with Crippen molar-refractivity contribution in [3.8, 4) is 17.6 Å². The number of pyridine rings is 3. The number of benzene rings is 5. The highest BCUT2D eigenvalue weighted by molar-refractivity contribution is 9.11. The molecule has 7 N–H and O–H groups in total. The average molecular weight is 1970 g/mol. The molecule has 1 fully saturated rings. The first-order valence-electron chi connectivity index (χ1n) is 35.2. The number of carbonyl (C=O) groups excluding carboxylic acids is 7. The highest BCUT2D eigenvalue weighted by atomic mass is 79.9. The number of amides is 2. The Bertz CT molecular complexity index is 4180. The molecule has 8 aromatic rings. The third-order valence-electron chi connectivity index (χ3n) is 16.2. The third kappa shape index (κ3) is 37.4. The molecule has 7 atom stereocenters. The average Bonchev–Trinajstić information content (AvgIpc) is 0.764. The van der Waals surface area contributed by atoms with Gasteiger partial charge in [0.05, 0.1) is 124 Å². The van der Waals surface area contributed by atoms with E-state index in [9.17, 15) is 43.5 Å². The molecule has 3 aromatic heterocycles. The van der Waals surface area contributed by atoms with E-state index >= 15 is 0 Å². The number of carboxylic acid groups (broad SMARTS) is 1. The molecule has 0 saturated carbocycles. The monoisotopic (exact) mass is 1970 g/mol. The second-order valence-electron chi connectivity index (χ2n) is 23.8. The summed E-state index contributed by atoms with van der Waals surface area (Å²) in [6, 6.07) is 45.6. The number of likely N-dealkylation sites (tertiary alicyclic amines) is 1. The van der Waals surface area contributed by atoms with Crippen molar-refractivity contribution in [2.75, 3.05) is 80.7 Å². The number of nitrogens with zero attached hydrogens (tertiary/aromatic N) is 4. The van der Waals surface area contributed by atoms with E-state index in [2.05, 4.69) is 99.9 Å². The number of carbonyl (C=O) groups is 8. The predicted octanol–water partition coefficient (Wildman–Crippen LogP) is 13.8. The largest absolute Gasteiger partial charge is 0.481 e. The molecule has 115 heavy (non-hydrogen) atoms. The number of rotatable bonds is 31. The van der Waals surface area contributed by atoms with Crippen LogP contribution in [-0.4, -0.2) is 169 Å². The Morgan fingerprint density at radius 1 is 0.452 bits per heavy atom. The second kappa shape index (κ2) is 58.0. The van der Waals surface area contributed by atoms with E-state index in [1.165, 1.54) is 13.3 Å². The minimum Gasteiger partial charge on any atom is -0.481 e. The quantitative estimate of drug-likeness (QED) is 0.0133. The number of ether oxygens (including phenoxy) is 8. The first-order valence-corrected chi connectivity index (χ1v) is 39.2. The van der Waals surface area contributed by atoms with Crippen molar-refractivity contribution >= 4 is 168 Å². The van der Waals surface area contributed by atoms with Crippen molar-refractivity contribution in [1.29, 1.82) is 0 Å². The number of β-lactam (4-membered cyclic amide) rings is 1. The summed E-state index contributed by atoms with van der Waals surface area (Å²) in [6.07, 6.45) is 5.33. The number of hydrogen-bond acceptors (Lipinski definition) is 23. The van der Waals surface area contributed by atoms with Gasteiger partial charge in [0.1, 0.15) is 11.8 Å². The maximum atomic E-state index is 12.8. The summed E-state index contributed by atoms with van der Waals surface area (Å²) >= 11 is 16.6. The predicted molar refractivity (Wildman–Crippen MR) is 467 cm³/mol. The molecule has 34 heteroatoms. The highest BCUT2D eigenvalue weighted by Gasteiger charge is 2.43. The number of carboxylic acids is 1. The van der Waals surface area contributed by atoms with Crippen LogP contribution in [0.25, 0.3) is 0 Å². The third-order valence-corrected chi connectivity index (χ3v) is 18.8. The van der Waals surface area contributed by atoms with Crippen LogP contribution in [-0.2, 0) is 68.5 Å². The highest BCUT2D eigenvalue weighted by Crippen LogP contribution is 2.38. The van der Waals surface area contributed by atoms with Crippen LogP contribution < -0.4 is 25.3 Å². The van der Waals surface area contributed by atoms with E-state index in [1.807, 2.05) is 66.7 Å². The Morgan fingerprint density at radius 2 is 0.800 bits per heavy atom. The molecule has 1 saturated heterocycles. The standard InChI is InChI=1S/C20H23BrN2O5.C20H21BrN2O4.C11H13BrO3.C11H16N2O3.C10H11BrO2.C9H9BrO3.3H2S/c1-3-28-19(25)10-17(14-6-9-18(27-2)22-11-14)23-20(26)16(12-24)13-4-7-15(21)8-5-13;1-3-27-19(24)10-17(14-6-9-18(26-2)22-11-14)23-12-16(20(23)25)13-4-7-15(21)8-5-13;1-2-15-11(14)10(7-13)8-3-5-9(12)6-4-8;1-3-16-11(14)6-9(12)8-4-5-10(15-2)13-7-8;1-2-13-10(12)7-8-3-5-9(11)6-4-8;10-7-3-1-6(2-4-7)8(5-11)9(12)13;;;/h4-9,11,16-17,24H,3,10,12H2,1-2H3,(H,23,26);4-9,11,16-17H,3,10,12H2,1-2H3;3-6,10,13H,2,7H2,1H3;4-5,7,9H,3,6,12H2,1-2H3;3-6H,2,7H2,1H3;1-4,8,11H,5H2,(H,12,13);3*1H2/t2*16?,17-;;9-;;;;;/m00.0...../s1. The van der Waals surface area contributed by atoms with Crippen LogP contribution in [0.2, 0.25) is 0 Å². The van der Waals surface area contributed by atoms with Crippen molar-refractivity contribution in [1.82, 2.24) is 25.2 Å². The number of nitrogens with two attached hydrogens (primary N) is 1. The van der Waals surface area contributed by atoms with E-state index in [-0.39, 0.29) is 122 Å². The summed E-state index contributed by atoms with van der Waals surface area (Å²) in [5.74, 6) is -3.97. The molecule has 626 valence electrons. The Kier molecular flexibility index (Phi) is 52.9. The van der Waals surface area contributed by atoms with Crippen LogP contribution in [0.1, 0.15) is 140 Å². The van der Waals surface area contributed by atoms with Gasteiger partial charge in [0.2, 0.25) is 29.5 Å². The van der Waals surface area contributed by atoms with Gasteiger partial charge in [0.25, 0.3) is 0 Å². The summed E-state index contributed by atoms with van der Waals surface area (Å²) in [5.41, 5.74) is 12.0. The van der Waals surface area contributed by atoms with Gasteiger partial charge in [-0.05, 0) is 140 Å². The van der Waals surface area contributed by atoms with Crippen molar-refractivity contribution < 1.29 is 96.7 Å². The molecule has 4 unspecified atom stereocenters. The number of hydrogen-bond donors (Lipinski definition) is 6. The van der Waals surface area contributed by atoms with Crippen molar-refractivity contribution in [3.63, 3.8) is 0 Å². The summed E-state index contributed by atoms with van der Waals surface area (Å²) < 4.78 is 44.4. The Hall–Kier alpha value is -8.00. The maximum Gasteiger partial charge on any atom is 0.315 e. The molecule has 2 amide bonds. The number of methoxy groups -OCH3 is 3. The fraction of sp³-hybridized carbons (Fsp3) is 0.346. The Labute approximate surface area is 733 Å². The summed E-state index contributed by atoms with van der Waals surface area (Å²) in [4.78, 5) is 108. The molecule has 9 rings (SSSR count). The molecule has 1 aliphatic rings. The van der Waals surface area contributed by atoms with Crippen molar-refractivity contribution in [2.24, 2.45) is 5.73 Å². The van der Waals surface area contributed by atoms with Crippen LogP contribution in [0.3, 0.4) is 0 Å². The van der Waals surface area contributed by atoms with Gasteiger partial charge in [-0.25, -0.2) is 15.0 Å². The molecule has 0 spiro atoms. The lowest BCUT2D eigenvalue weighted by molar-refractivity contribution is -0.152. The van der Waals surface area contributed by atoms with Gasteiger partial charge in [-0.3, -0.25) is 38.4 Å². The Balaban J connectivity index is 0.000000707. The van der Waals surface area contributed by atoms with Crippen LogP contribution in [0.4, 0.5) is 0 Å². The second-order valence-corrected chi connectivity index (χ2v) is 28.3. The SMILES string of the molecule is CCOC(=O)C(CO)c1ccc(Br)cc1.CCOC(=O)C[C@@H](c1ccc(OC)nc1)N1CC(c2ccc(Br)cc2)C1=O.CCOC(=O)C[C@H](N)c1ccc(OC)nc1.CCOC(=O)C[C@H](NC(=O)C(CO)c1ccc(Br)cc1)c1ccc(OC)nc1.CCOC(=O)Cc1ccc(Br)cc1.O=C(O)C(CO)c1ccc(Br)cc1.S.S.S. The lowest BCUT2D eigenvalue weighted by atomic mass is 9.87. The van der Waals surface area contributed by atoms with Crippen LogP contribution in [0.5, 0.6) is 17.6 Å². The molecule has 1 aliphatic heterocycles. The number of aliphatic hydroxyl groups is 3. The molecule has 0 aliphatic carbocycles. The topological polar surface area (TPSA) is 371 Å². The fourth-order valence-electron chi connectivity index (χ4n) is 10.3. The van der Waals surface area contributed by atoms with Gasteiger partial charge in [-0.15, -0.1) is 0 Å². The molecular formula is C81H99Br5N6O20S3. The normalized spacial score (nSPS) is 12.9. The summed E-state index contributed by atoms with van der Waals surface area (Å²) in [6.45, 7) is 10.1. The summed E-state index contributed by atoms with van der Waals surface area (Å²) in [5, 5.41) is 39.3. The van der Waals surface area contributed by atoms with Crippen molar-refractivity contribution in [3.05, 3.63) is 243 Å². The van der Waals surface area contributed by atoms with Crippen molar-refractivity contribution in [2.45, 2.75) is 102 Å². The van der Waals surface area contributed by atoms with Gasteiger partial charge in [-0.1, -0.05) is 159 Å². The minimum absolute atomic E-state index is 0. The molecule has 26 nitrogen and oxygen atoms in total. The smallest absolute Gasteiger partial charge is 0.315 e. The van der Waals surface area contributed by atoms with E-state index in [0.717, 1.165) is 50.2 Å². The van der Waals surface area contributed by atoms with Crippen LogP contribution in [0, 0.1) is 0 Å². The molecule has 0 radical (unpaired) electrons. The maximum absolute atomic E-state index is 12.8. The van der Waals surface area contributed by atoms with Crippen LogP contribution >= 0.6 is 120 Å². The van der Waals surface area contributed by atoms with E-state index in [0.29, 0.717) is 73.7 Å². The molecular weight excluding hydrogens is 1870 g/mol. The number of aliphatic hydroxyl groups excluding tert-OH is 3. The minimum atomic E-state index is -1.01. The van der Waals surface area contributed by atoms with Gasteiger partial charge >= 0.3 is 35.8 Å². The van der Waals surface area contributed by atoms with Gasteiger partial charge < -0.3 is 74.3 Å². The molecule has 0 bridgehead atoms. The Morgan fingerprint density at radius 3 is 1.17 bits per heavy atom. The number of esters is 5. The van der Waals surface area contributed by atoms with E-state index in [4.69, 9.17) is 58.9 Å². The van der Waals surface area contributed by atoms with Gasteiger partial charge in [0, 0.05) is 71.7 Å². The zero-order chi connectivity index (χ0) is 82.7. The van der Waals surface area contributed by atoms with Crippen LogP contribution in [0.15, 0.2) is 199 Å². The number of halogens is 5. The number of aromatic nitrogens is 3. The fourth-order valence-corrected chi connectivity index (χ4v) is 11.7. The number of nitrogens with one attached hydrogen (secondary N) is 1. The van der Waals surface area contributed by atoms with Gasteiger partial charge in [0.15, 0.2) is 0 Å². The van der Waals surface area contributed by atoms with E-state index < -0.39 is 53.7 Å². The molecule has 5 aromatic carbocycles. The summed E-state index contributed by atoms with van der Waals surface area (Å²) in [7, 11) is 4.59. The molecule has 4 heterocycles. The van der Waals surface area contributed by atoms with E-state index in [1.54, 1.807) is 157 Å². The zero-order valence-electron chi connectivity index (χ0n) is 64.6. The lowest BCUT2D eigenvalue weighted by Crippen LogP contribution is -2.52. The number of aliphatic carboxylic acids is 1. The first-order chi connectivity index (χ1) is 53.7. The zero-order valence-corrected chi connectivity index (χ0v) is 75.5. The lowest BCUT2D eigenvalue weighted by Gasteiger charge is -2.43.